The first-order valence-corrected chi connectivity index (χ1v) is 8.32. The molecule has 0 aliphatic carbocycles. The third-order valence-electron chi connectivity index (χ3n) is 4.30. The van der Waals surface area contributed by atoms with Crippen molar-refractivity contribution in [1.82, 2.24) is 14.8 Å². The summed E-state index contributed by atoms with van der Waals surface area (Å²) in [7, 11) is 0. The van der Waals surface area contributed by atoms with Crippen LogP contribution in [0.5, 0.6) is 0 Å². The Labute approximate surface area is 147 Å². The summed E-state index contributed by atoms with van der Waals surface area (Å²) in [6.45, 7) is 3.31. The molecule has 2 N–H and O–H groups in total. The smallest absolute Gasteiger partial charge is 0.347 e. The van der Waals surface area contributed by atoms with Gasteiger partial charge in [0.25, 0.3) is 5.56 Å². The number of hydrogen-bond donors (Lipinski definition) is 2. The fraction of sp³-hybridized carbons (Fsp3) is 0.733. The van der Waals surface area contributed by atoms with Gasteiger partial charge in [0.2, 0.25) is 0 Å². The zero-order valence-corrected chi connectivity index (χ0v) is 14.4. The van der Waals surface area contributed by atoms with E-state index in [1.165, 1.54) is 0 Å². The number of rotatable bonds is 6. The van der Waals surface area contributed by atoms with E-state index >= 15 is 0 Å². The van der Waals surface area contributed by atoms with Gasteiger partial charge in [0, 0.05) is 6.42 Å². The van der Waals surface area contributed by atoms with Gasteiger partial charge >= 0.3 is 11.7 Å². The lowest BCUT2D eigenvalue weighted by atomic mass is 10.1. The number of nitrogens with zero attached hydrogens (tertiary/aromatic N) is 2. The molecule has 0 bridgehead atoms. The Bertz CT molecular complexity index is 777. The second-order valence-electron chi connectivity index (χ2n) is 6.23. The SMILES string of the molecule is CCOC(=O)CCC1(C)O[C@@H]2[C@H](O1)[C@@H](CO)O[C@H]2n1ncc(=O)[nH]c1=O. The molecule has 2 fully saturated rings. The number of aromatic amines is 1. The van der Waals surface area contributed by atoms with Crippen LogP contribution in [0.15, 0.2) is 15.8 Å². The minimum atomic E-state index is -1.11. The minimum Gasteiger partial charge on any atom is -0.466 e. The highest BCUT2D eigenvalue weighted by Gasteiger charge is 2.57. The normalized spacial score (nSPS) is 33.2. The van der Waals surface area contributed by atoms with Crippen LogP contribution >= 0.6 is 0 Å². The van der Waals surface area contributed by atoms with Gasteiger partial charge in [-0.3, -0.25) is 14.6 Å². The zero-order valence-electron chi connectivity index (χ0n) is 14.4. The molecule has 3 heterocycles. The Morgan fingerprint density at radius 2 is 2.15 bits per heavy atom. The van der Waals surface area contributed by atoms with Crippen molar-refractivity contribution in [3.63, 3.8) is 0 Å². The Kier molecular flexibility index (Phi) is 5.23. The first-order valence-electron chi connectivity index (χ1n) is 8.32. The molecule has 1 aromatic rings. The Balaban J connectivity index is 1.79. The second kappa shape index (κ2) is 7.27. The fourth-order valence-corrected chi connectivity index (χ4v) is 3.15. The maximum atomic E-state index is 12.0. The highest BCUT2D eigenvalue weighted by molar-refractivity contribution is 5.69. The molecule has 26 heavy (non-hydrogen) atoms. The average Bonchev–Trinajstić information content (AvgIpc) is 3.09. The Morgan fingerprint density at radius 3 is 2.81 bits per heavy atom. The van der Waals surface area contributed by atoms with Crippen molar-refractivity contribution in [3.05, 3.63) is 27.0 Å². The van der Waals surface area contributed by atoms with E-state index in [1.807, 2.05) is 0 Å². The van der Waals surface area contributed by atoms with Crippen LogP contribution in [0, 0.1) is 0 Å². The lowest BCUT2D eigenvalue weighted by Gasteiger charge is -2.27. The number of aliphatic hydroxyl groups is 1. The van der Waals surface area contributed by atoms with Crippen LogP contribution in [-0.2, 0) is 23.7 Å². The topological polar surface area (TPSA) is 142 Å². The van der Waals surface area contributed by atoms with Crippen LogP contribution in [0.4, 0.5) is 0 Å². The molecule has 0 saturated carbocycles. The van der Waals surface area contributed by atoms with Gasteiger partial charge < -0.3 is 24.1 Å². The number of hydrogen-bond acceptors (Lipinski definition) is 9. The highest BCUT2D eigenvalue weighted by Crippen LogP contribution is 2.44. The second-order valence-corrected chi connectivity index (χ2v) is 6.23. The summed E-state index contributed by atoms with van der Waals surface area (Å²) >= 11 is 0. The molecule has 1 unspecified atom stereocenters. The van der Waals surface area contributed by atoms with Crippen LogP contribution in [0.2, 0.25) is 0 Å². The number of carbonyl (C=O) groups is 1. The first-order chi connectivity index (χ1) is 12.4. The van der Waals surface area contributed by atoms with Crippen LogP contribution in [-0.4, -0.2) is 63.2 Å². The van der Waals surface area contributed by atoms with E-state index in [9.17, 15) is 19.5 Å². The van der Waals surface area contributed by atoms with Gasteiger partial charge in [0.15, 0.2) is 12.0 Å². The molecular formula is C15H21N3O8. The third kappa shape index (κ3) is 3.56. The van der Waals surface area contributed by atoms with Crippen LogP contribution in [0.3, 0.4) is 0 Å². The van der Waals surface area contributed by atoms with Gasteiger partial charge in [-0.25, -0.2) is 4.79 Å². The number of carbonyl (C=O) groups excluding carboxylic acids is 1. The van der Waals surface area contributed by atoms with Crippen LogP contribution < -0.4 is 11.2 Å². The van der Waals surface area contributed by atoms with Gasteiger partial charge in [-0.1, -0.05) is 0 Å². The molecular weight excluding hydrogens is 350 g/mol. The van der Waals surface area contributed by atoms with Crippen molar-refractivity contribution in [2.75, 3.05) is 13.2 Å². The predicted molar refractivity (Wildman–Crippen MR) is 84.1 cm³/mol. The molecule has 11 nitrogen and oxygen atoms in total. The maximum Gasteiger partial charge on any atom is 0.347 e. The van der Waals surface area contributed by atoms with Gasteiger partial charge in [-0.05, 0) is 13.8 Å². The van der Waals surface area contributed by atoms with Gasteiger partial charge in [-0.2, -0.15) is 9.78 Å². The standard InChI is InChI=1S/C15H21N3O8/c1-3-23-10(21)4-5-15(2)25-11-8(7-19)24-13(12(11)26-15)18-14(22)17-9(20)6-16-18/h6,8,11-13,19H,3-5,7H2,1-2H3,(H,17,20,22)/t8-,11-,12-,13-,15?/m1/s1. The van der Waals surface area contributed by atoms with Gasteiger partial charge in [0.05, 0.1) is 19.6 Å². The number of aromatic nitrogens is 3. The van der Waals surface area contributed by atoms with Crippen molar-refractivity contribution < 1.29 is 28.8 Å². The van der Waals surface area contributed by atoms with Crippen LogP contribution in [0.1, 0.15) is 32.9 Å². The van der Waals surface area contributed by atoms with E-state index in [-0.39, 0.29) is 32.0 Å². The molecule has 1 aromatic heterocycles. The minimum absolute atomic E-state index is 0.0932. The Morgan fingerprint density at radius 1 is 1.42 bits per heavy atom. The molecule has 2 saturated heterocycles. The molecule has 144 valence electrons. The Hall–Kier alpha value is -2.08. The summed E-state index contributed by atoms with van der Waals surface area (Å²) < 4.78 is 23.3. The molecule has 0 spiro atoms. The van der Waals surface area contributed by atoms with E-state index in [1.54, 1.807) is 13.8 Å². The molecule has 0 amide bonds. The molecule has 0 radical (unpaired) electrons. The summed E-state index contributed by atoms with van der Waals surface area (Å²) in [6.07, 6.45) is -1.84. The van der Waals surface area contributed by atoms with Crippen molar-refractivity contribution >= 4 is 5.97 Å². The lowest BCUT2D eigenvalue weighted by Crippen LogP contribution is -2.39. The summed E-state index contributed by atoms with van der Waals surface area (Å²) in [5, 5.41) is 13.3. The van der Waals surface area contributed by atoms with E-state index in [0.29, 0.717) is 0 Å². The number of H-pyrrole nitrogens is 1. The molecule has 5 atom stereocenters. The van der Waals surface area contributed by atoms with Crippen molar-refractivity contribution in [2.24, 2.45) is 0 Å². The number of nitrogens with one attached hydrogen (secondary N) is 1. The van der Waals surface area contributed by atoms with E-state index in [4.69, 9.17) is 18.9 Å². The number of ether oxygens (including phenoxy) is 4. The quantitative estimate of drug-likeness (QED) is 0.581. The van der Waals surface area contributed by atoms with Crippen LogP contribution in [0.25, 0.3) is 0 Å². The van der Waals surface area contributed by atoms with E-state index in [0.717, 1.165) is 10.9 Å². The summed E-state index contributed by atoms with van der Waals surface area (Å²) in [4.78, 5) is 36.9. The predicted octanol–water partition coefficient (Wildman–Crippen LogP) is -1.34. The summed E-state index contributed by atoms with van der Waals surface area (Å²) in [5.41, 5.74) is -1.40. The average molecular weight is 371 g/mol. The summed E-state index contributed by atoms with van der Waals surface area (Å²) in [6, 6.07) is 0. The molecule has 2 aliphatic heterocycles. The van der Waals surface area contributed by atoms with Crippen molar-refractivity contribution in [1.29, 1.82) is 0 Å². The molecule has 3 rings (SSSR count). The lowest BCUT2D eigenvalue weighted by molar-refractivity contribution is -0.216. The van der Waals surface area contributed by atoms with Gasteiger partial charge in [-0.15, -0.1) is 0 Å². The largest absolute Gasteiger partial charge is 0.466 e. The van der Waals surface area contributed by atoms with E-state index in [2.05, 4.69) is 10.1 Å². The molecule has 2 aliphatic rings. The number of fused-ring (bicyclic) bond motifs is 1. The van der Waals surface area contributed by atoms with E-state index < -0.39 is 41.6 Å². The van der Waals surface area contributed by atoms with Gasteiger partial charge in [0.1, 0.15) is 24.5 Å². The maximum absolute atomic E-state index is 12.0. The monoisotopic (exact) mass is 371 g/mol. The molecule has 0 aromatic carbocycles. The fourth-order valence-electron chi connectivity index (χ4n) is 3.15. The first kappa shape index (κ1) is 18.7. The third-order valence-corrected chi connectivity index (χ3v) is 4.30. The summed E-state index contributed by atoms with van der Waals surface area (Å²) in [5.74, 6) is -1.48. The molecule has 11 heteroatoms. The number of esters is 1. The zero-order chi connectivity index (χ0) is 18.9. The van der Waals surface area contributed by atoms with Crippen molar-refractivity contribution in [3.8, 4) is 0 Å². The number of aliphatic hydroxyl groups excluding tert-OH is 1. The highest BCUT2D eigenvalue weighted by atomic mass is 16.8. The van der Waals surface area contributed by atoms with Crippen molar-refractivity contribution in [2.45, 2.75) is 57.0 Å².